The maximum Gasteiger partial charge on any atom is 0.451 e. The number of halogens is 3. The molecule has 4 aromatic rings. The van der Waals surface area contributed by atoms with Gasteiger partial charge in [-0.2, -0.15) is 18.4 Å². The van der Waals surface area contributed by atoms with Crippen LogP contribution in [0.25, 0.3) is 16.5 Å². The topological polar surface area (TPSA) is 79.7 Å². The van der Waals surface area contributed by atoms with Gasteiger partial charge in [-0.25, -0.2) is 0 Å². The van der Waals surface area contributed by atoms with Crippen molar-refractivity contribution < 1.29 is 13.2 Å². The van der Waals surface area contributed by atoms with Gasteiger partial charge in [-0.1, -0.05) is 31.2 Å². The van der Waals surface area contributed by atoms with Gasteiger partial charge in [0.15, 0.2) is 5.82 Å². The highest BCUT2D eigenvalue weighted by atomic mass is 19.4. The zero-order chi connectivity index (χ0) is 29.1. The van der Waals surface area contributed by atoms with Crippen molar-refractivity contribution >= 4 is 16.5 Å². The van der Waals surface area contributed by atoms with Crippen LogP contribution < -0.4 is 10.5 Å². The fourth-order valence-corrected chi connectivity index (χ4v) is 6.03. The van der Waals surface area contributed by atoms with Crippen LogP contribution in [0.1, 0.15) is 49.1 Å². The number of alkyl halides is 3. The molecule has 7 nitrogen and oxygen atoms in total. The predicted octanol–water partition coefficient (Wildman–Crippen LogP) is 6.16. The quantitative estimate of drug-likeness (QED) is 0.302. The summed E-state index contributed by atoms with van der Waals surface area (Å²) in [5, 5.41) is 18.0. The van der Waals surface area contributed by atoms with Gasteiger partial charge in [0.25, 0.3) is 5.56 Å². The number of hydrogen-bond acceptors (Lipinski definition) is 5. The fourth-order valence-electron chi connectivity index (χ4n) is 6.03. The average Bonchev–Trinajstić information content (AvgIpc) is 3.41. The van der Waals surface area contributed by atoms with Gasteiger partial charge in [-0.15, -0.1) is 10.2 Å². The van der Waals surface area contributed by atoms with Crippen molar-refractivity contribution in [2.75, 3.05) is 11.4 Å². The summed E-state index contributed by atoms with van der Waals surface area (Å²) in [5.74, 6) is -0.709. The van der Waals surface area contributed by atoms with Gasteiger partial charge in [0.1, 0.15) is 0 Å². The maximum absolute atomic E-state index is 13.7. The summed E-state index contributed by atoms with van der Waals surface area (Å²) in [7, 11) is 0. The van der Waals surface area contributed by atoms with Gasteiger partial charge < -0.3 is 9.47 Å². The number of anilines is 1. The Bertz CT molecular complexity index is 1840. The summed E-state index contributed by atoms with van der Waals surface area (Å²) >= 11 is 0. The molecule has 1 aliphatic carbocycles. The van der Waals surface area contributed by atoms with Crippen LogP contribution >= 0.6 is 0 Å². The van der Waals surface area contributed by atoms with Crippen molar-refractivity contribution in [1.29, 1.82) is 5.26 Å². The third-order valence-corrected chi connectivity index (χ3v) is 8.12. The minimum absolute atomic E-state index is 0.142. The number of benzene rings is 2. The Morgan fingerprint density at radius 2 is 1.83 bits per heavy atom. The summed E-state index contributed by atoms with van der Waals surface area (Å²) < 4.78 is 42.8. The first-order valence-electron chi connectivity index (χ1n) is 13.3. The zero-order valence-corrected chi connectivity index (χ0v) is 22.8. The van der Waals surface area contributed by atoms with E-state index in [1.165, 1.54) is 4.57 Å². The van der Waals surface area contributed by atoms with Crippen LogP contribution in [0.2, 0.25) is 0 Å². The number of pyridine rings is 1. The van der Waals surface area contributed by atoms with Gasteiger partial charge in [0.05, 0.1) is 18.7 Å². The van der Waals surface area contributed by atoms with E-state index < -0.39 is 18.0 Å². The van der Waals surface area contributed by atoms with Crippen molar-refractivity contribution in [3.05, 3.63) is 106 Å². The minimum Gasteiger partial charge on any atom is -0.362 e. The number of rotatable bonds is 3. The van der Waals surface area contributed by atoms with Crippen LogP contribution in [0.15, 0.2) is 77.3 Å². The van der Waals surface area contributed by atoms with Gasteiger partial charge in [-0.05, 0) is 73.2 Å². The molecule has 2 unspecified atom stereocenters. The number of allylic oxidation sites excluding steroid dienone is 4. The standard InChI is InChI=1S/C31H27F3N6O/c1-19-16-39(28(41)24-5-4-6-25(27(19)24)30(3)13-11-21(15-35)12-14-30)23-9-7-22(8-10-23)38-17-20(2)40-26(18-38)36-37-29(40)31(32,33)34/h4-13,16,20H,14,17-18H2,1-3H3. The SMILES string of the molecule is Cc1cn(-c2ccc(N3Cc4nnc(C(F)(F)F)n4C(C)C3)cc2)c(=O)c2cccc(C3(C)C=CC(C#N)=CC3)c12. The number of aryl methyl sites for hydroxylation is 1. The van der Waals surface area contributed by atoms with Crippen LogP contribution in [-0.2, 0) is 18.1 Å². The Morgan fingerprint density at radius 1 is 1.10 bits per heavy atom. The van der Waals surface area contributed by atoms with Crippen LogP contribution in [0, 0.1) is 18.3 Å². The van der Waals surface area contributed by atoms with Crippen molar-refractivity contribution in [3.8, 4) is 11.8 Å². The number of aromatic nitrogens is 4. The second-order valence-electron chi connectivity index (χ2n) is 11.0. The van der Waals surface area contributed by atoms with Gasteiger partial charge in [-0.3, -0.25) is 9.36 Å². The summed E-state index contributed by atoms with van der Waals surface area (Å²) in [6.45, 7) is 6.38. The molecule has 3 heterocycles. The predicted molar refractivity (Wildman–Crippen MR) is 150 cm³/mol. The van der Waals surface area contributed by atoms with Gasteiger partial charge >= 0.3 is 6.18 Å². The van der Waals surface area contributed by atoms with Crippen molar-refractivity contribution in [2.24, 2.45) is 0 Å². The highest BCUT2D eigenvalue weighted by Gasteiger charge is 2.41. The molecule has 2 aliphatic rings. The molecule has 0 bridgehead atoms. The van der Waals surface area contributed by atoms with E-state index in [0.717, 1.165) is 22.2 Å². The molecule has 1 aliphatic heterocycles. The van der Waals surface area contributed by atoms with Gasteiger partial charge in [0.2, 0.25) is 5.82 Å². The van der Waals surface area contributed by atoms with Crippen LogP contribution in [0.3, 0.4) is 0 Å². The summed E-state index contributed by atoms with van der Waals surface area (Å²) in [5.41, 5.74) is 3.64. The second-order valence-corrected chi connectivity index (χ2v) is 11.0. The fraction of sp³-hybridized carbons (Fsp3) is 0.290. The van der Waals surface area contributed by atoms with E-state index in [2.05, 4.69) is 23.2 Å². The molecule has 2 aromatic carbocycles. The van der Waals surface area contributed by atoms with E-state index in [-0.39, 0.29) is 23.3 Å². The number of hydrogen-bond donors (Lipinski definition) is 0. The number of fused-ring (bicyclic) bond motifs is 2. The zero-order valence-electron chi connectivity index (χ0n) is 22.8. The highest BCUT2D eigenvalue weighted by molar-refractivity contribution is 5.89. The van der Waals surface area contributed by atoms with E-state index in [0.29, 0.717) is 29.6 Å². The molecular formula is C31H27F3N6O. The Hall–Kier alpha value is -4.65. The first-order valence-corrected chi connectivity index (χ1v) is 13.3. The van der Waals surface area contributed by atoms with E-state index in [9.17, 15) is 23.2 Å². The Morgan fingerprint density at radius 3 is 2.49 bits per heavy atom. The van der Waals surface area contributed by atoms with E-state index in [4.69, 9.17) is 0 Å². The molecule has 2 aromatic heterocycles. The van der Waals surface area contributed by atoms with Crippen molar-refractivity contribution in [3.63, 3.8) is 0 Å². The Kier molecular flexibility index (Phi) is 6.14. The van der Waals surface area contributed by atoms with E-state index in [1.807, 2.05) is 78.7 Å². The first-order chi connectivity index (χ1) is 19.5. The van der Waals surface area contributed by atoms with Gasteiger partial charge in [0, 0.05) is 40.5 Å². The lowest BCUT2D eigenvalue weighted by atomic mass is 9.74. The lowest BCUT2D eigenvalue weighted by Gasteiger charge is -2.34. The molecule has 6 rings (SSSR count). The summed E-state index contributed by atoms with van der Waals surface area (Å²) in [6.07, 6.45) is 3.76. The largest absolute Gasteiger partial charge is 0.451 e. The van der Waals surface area contributed by atoms with Crippen LogP contribution in [-0.4, -0.2) is 25.9 Å². The third kappa shape index (κ3) is 4.42. The maximum atomic E-state index is 13.7. The molecule has 41 heavy (non-hydrogen) atoms. The molecule has 208 valence electrons. The lowest BCUT2D eigenvalue weighted by molar-refractivity contribution is -0.148. The Balaban J connectivity index is 1.33. The average molecular weight is 557 g/mol. The first kappa shape index (κ1) is 26.6. The molecule has 2 atom stereocenters. The second kappa shape index (κ2) is 9.47. The third-order valence-electron chi connectivity index (χ3n) is 8.12. The number of nitriles is 1. The summed E-state index contributed by atoms with van der Waals surface area (Å²) in [6, 6.07) is 14.9. The van der Waals surface area contributed by atoms with Crippen LogP contribution in [0.5, 0.6) is 0 Å². The molecule has 0 radical (unpaired) electrons. The molecule has 0 N–H and O–H groups in total. The van der Waals surface area contributed by atoms with E-state index >= 15 is 0 Å². The smallest absolute Gasteiger partial charge is 0.362 e. The summed E-state index contributed by atoms with van der Waals surface area (Å²) in [4.78, 5) is 15.7. The molecule has 10 heteroatoms. The molecular weight excluding hydrogens is 529 g/mol. The Labute approximate surface area is 234 Å². The van der Waals surface area contributed by atoms with E-state index in [1.54, 1.807) is 11.5 Å². The van der Waals surface area contributed by atoms with Crippen molar-refractivity contribution in [1.82, 2.24) is 19.3 Å². The molecule has 0 spiro atoms. The normalized spacial score (nSPS) is 20.6. The van der Waals surface area contributed by atoms with Crippen molar-refractivity contribution in [2.45, 2.75) is 51.4 Å². The molecule has 0 saturated carbocycles. The monoisotopic (exact) mass is 556 g/mol. The van der Waals surface area contributed by atoms with Crippen LogP contribution in [0.4, 0.5) is 18.9 Å². The minimum atomic E-state index is -4.56. The molecule has 0 fully saturated rings. The highest BCUT2D eigenvalue weighted by Crippen LogP contribution is 2.38. The molecule has 0 amide bonds. The lowest BCUT2D eigenvalue weighted by Crippen LogP contribution is -2.37. The number of nitrogens with zero attached hydrogens (tertiary/aromatic N) is 6. The molecule has 0 saturated heterocycles.